The number of rotatable bonds is 36. The zero-order valence-corrected chi connectivity index (χ0v) is 56.0. The standard InChI is InChI=1S/C63H101N17O16S/c64-23-7-5-12-46-60(90)74-47(21-22-53(68)83)61(91)72-45(11-1-3-15-52(66)67)59(89)71-44(58(88)70-25-10-28-95-30-32-96-31-29-94-27-9-24-69-54(84)16-4-2-14-51-56-49(38-97-51)76-63(93)77-56)13-6-8-26-80-37-41(78-79-80)35-43(65)50(82)34-40(33-39-17-19-42(81)20-18-39)57(87)75-48(36-55(85)86)62(92)73-46/h17-20,37,40,43-49,51,56,81H,1-16,21-36,38,64-65H2,(H3,66,67)(H2,68,83)(H,69,84)(H,70,88)(H,71,89)(H,72,91)(H,73,92)(H,74,90)(H,75,87)(H,85,86)(H2,76,77,93)/t40-,43+,44+,45+,46+,47+,48+,49-,51?,56-/m1/s1. The summed E-state index contributed by atoms with van der Waals surface area (Å²) in [6, 6.07) is -2.59. The predicted octanol–water partition coefficient (Wildman–Crippen LogP) is -1.57. The number of nitrogens with one attached hydrogen (secondary N) is 10. The number of amides is 10. The lowest BCUT2D eigenvalue weighted by Gasteiger charge is -2.27. The van der Waals surface area contributed by atoms with E-state index in [2.05, 4.69) is 58.2 Å². The van der Waals surface area contributed by atoms with Crippen LogP contribution < -0.4 is 70.8 Å². The average Bonchev–Trinajstić information content (AvgIpc) is 1.81. The number of hydrogen-bond acceptors (Lipinski definition) is 21. The Kier molecular flexibility index (Phi) is 36.1. The van der Waals surface area contributed by atoms with Gasteiger partial charge in [0.1, 0.15) is 36.0 Å². The van der Waals surface area contributed by atoms with Gasteiger partial charge in [-0.3, -0.25) is 58.0 Å². The molecule has 10 atom stereocenters. The van der Waals surface area contributed by atoms with E-state index in [1.807, 2.05) is 11.8 Å². The van der Waals surface area contributed by atoms with Crippen LogP contribution in [0.2, 0.25) is 0 Å². The number of nitrogens with two attached hydrogens (primary N) is 4. The molecule has 1 unspecified atom stereocenters. The van der Waals surface area contributed by atoms with Crippen LogP contribution in [0.1, 0.15) is 140 Å². The van der Waals surface area contributed by atoms with Crippen LogP contribution in [0.15, 0.2) is 30.5 Å². The van der Waals surface area contributed by atoms with Crippen molar-refractivity contribution < 1.29 is 77.2 Å². The molecule has 33 nitrogen and oxygen atoms in total. The first-order chi connectivity index (χ1) is 46.6. The lowest BCUT2D eigenvalue weighted by molar-refractivity contribution is -0.142. The molecule has 2 bridgehead atoms. The molecule has 0 saturated carbocycles. The Morgan fingerprint density at radius 2 is 1.25 bits per heavy atom. The van der Waals surface area contributed by atoms with Crippen molar-refractivity contribution in [1.82, 2.24) is 62.8 Å². The minimum atomic E-state index is -1.82. The number of primary amides is 1. The van der Waals surface area contributed by atoms with Crippen molar-refractivity contribution in [2.24, 2.45) is 28.9 Å². The van der Waals surface area contributed by atoms with Crippen molar-refractivity contribution in [3.05, 3.63) is 41.7 Å². The Morgan fingerprint density at radius 3 is 1.89 bits per heavy atom. The number of aromatic hydroxyl groups is 1. The third-order valence-electron chi connectivity index (χ3n) is 16.5. The Bertz CT molecular complexity index is 2890. The molecule has 1 aromatic heterocycles. The van der Waals surface area contributed by atoms with Gasteiger partial charge in [0.25, 0.3) is 0 Å². The highest BCUT2D eigenvalue weighted by atomic mass is 32.2. The number of urea groups is 1. The topological polar surface area (TPSA) is 523 Å². The summed E-state index contributed by atoms with van der Waals surface area (Å²) in [7, 11) is 0. The number of phenols is 1. The molecule has 4 heterocycles. The highest BCUT2D eigenvalue weighted by molar-refractivity contribution is 8.00. The van der Waals surface area contributed by atoms with E-state index in [0.29, 0.717) is 87.8 Å². The number of thioether (sulfide) groups is 1. The van der Waals surface area contributed by atoms with Crippen LogP contribution in [-0.2, 0) is 81.5 Å². The van der Waals surface area contributed by atoms with E-state index in [-0.39, 0.29) is 126 Å². The fourth-order valence-corrected chi connectivity index (χ4v) is 12.7. The van der Waals surface area contributed by atoms with Crippen LogP contribution in [0.3, 0.4) is 0 Å². The number of carboxylic acid groups (broad SMARTS) is 1. The van der Waals surface area contributed by atoms with Gasteiger partial charge in [-0.1, -0.05) is 30.2 Å². The lowest BCUT2D eigenvalue weighted by Crippen LogP contribution is -2.59. The zero-order valence-electron chi connectivity index (χ0n) is 55.2. The summed E-state index contributed by atoms with van der Waals surface area (Å²) < 4.78 is 18.5. The van der Waals surface area contributed by atoms with Gasteiger partial charge in [0.2, 0.25) is 47.3 Å². The summed E-state index contributed by atoms with van der Waals surface area (Å²) in [6.45, 7) is 3.05. The number of hydrogen-bond donors (Lipinski definition) is 16. The van der Waals surface area contributed by atoms with Crippen molar-refractivity contribution in [3.8, 4) is 5.75 Å². The molecule has 2 saturated heterocycles. The summed E-state index contributed by atoms with van der Waals surface area (Å²) in [5, 5.41) is 61.1. The first kappa shape index (κ1) is 79.6. The van der Waals surface area contributed by atoms with E-state index in [1.54, 1.807) is 6.20 Å². The Balaban J connectivity index is 1.21. The number of fused-ring (bicyclic) bond motifs is 3. The average molecular weight is 1380 g/mol. The Labute approximate surface area is 568 Å². The highest BCUT2D eigenvalue weighted by Crippen LogP contribution is 2.33. The van der Waals surface area contributed by atoms with Gasteiger partial charge >= 0.3 is 12.0 Å². The number of carbonyl (C=O) groups excluding carboxylic acids is 10. The SMILES string of the molecule is N=C(N)CCCC[C@@H]1NC(=O)[C@H](CCC(N)=O)NC(=O)[C@H](CCCCN)NC(=O)[C@H](CC(=O)O)NC(=O)[C@H](Cc2ccc(O)cc2)CC(=O)[C@@H](N)Cc2cn(nn2)CCCC[C@@H](C(=O)NCCCOCCOCCOCCCNC(=O)CCCCC2SC[C@H]3NC(=O)N[C@@H]23)NC1=O. The second kappa shape index (κ2) is 44.0. The number of amidine groups is 1. The molecule has 0 aliphatic carbocycles. The van der Waals surface area contributed by atoms with Gasteiger partial charge in [0, 0.05) is 88.1 Å². The molecular weight excluding hydrogens is 1280 g/mol. The number of carboxylic acids is 1. The second-order valence-corrected chi connectivity index (χ2v) is 25.8. The maximum atomic E-state index is 14.5. The number of nitrogens with zero attached hydrogens (tertiary/aromatic N) is 3. The van der Waals surface area contributed by atoms with E-state index in [1.165, 1.54) is 28.9 Å². The van der Waals surface area contributed by atoms with Gasteiger partial charge in [0.15, 0.2) is 5.78 Å². The van der Waals surface area contributed by atoms with Crippen LogP contribution in [0.5, 0.6) is 5.75 Å². The number of ketones is 1. The molecule has 1 aromatic carbocycles. The first-order valence-corrected chi connectivity index (χ1v) is 34.6. The van der Waals surface area contributed by atoms with Gasteiger partial charge in [-0.05, 0) is 114 Å². The molecule has 34 heteroatoms. The maximum Gasteiger partial charge on any atom is 0.315 e. The number of ether oxygens (including phenoxy) is 3. The molecule has 540 valence electrons. The number of Topliss-reactive ketones (excluding diaryl/α,β-unsaturated/α-hetero) is 1. The number of aliphatic carboxylic acids is 1. The molecule has 97 heavy (non-hydrogen) atoms. The fourth-order valence-electron chi connectivity index (χ4n) is 11.2. The van der Waals surface area contributed by atoms with E-state index < -0.39 is 121 Å². The second-order valence-electron chi connectivity index (χ2n) is 24.5. The largest absolute Gasteiger partial charge is 0.508 e. The number of carbonyl (C=O) groups is 11. The van der Waals surface area contributed by atoms with E-state index in [4.69, 9.17) is 42.6 Å². The number of unbranched alkanes of at least 4 members (excludes halogenated alkanes) is 3. The molecule has 20 N–H and O–H groups in total. The van der Waals surface area contributed by atoms with Crippen molar-refractivity contribution in [3.63, 3.8) is 0 Å². The molecule has 3 aliphatic rings. The van der Waals surface area contributed by atoms with Gasteiger partial charge < -0.3 is 95.2 Å². The van der Waals surface area contributed by atoms with Crippen molar-refractivity contribution in [2.45, 2.75) is 201 Å². The maximum absolute atomic E-state index is 14.5. The molecule has 0 radical (unpaired) electrons. The van der Waals surface area contributed by atoms with Gasteiger partial charge in [0.05, 0.1) is 62.5 Å². The molecule has 5 rings (SSSR count). The first-order valence-electron chi connectivity index (χ1n) is 33.5. The zero-order chi connectivity index (χ0) is 70.5. The minimum Gasteiger partial charge on any atom is -0.508 e. The van der Waals surface area contributed by atoms with Crippen molar-refractivity contribution in [1.29, 1.82) is 5.41 Å². The number of aromatic nitrogens is 3. The van der Waals surface area contributed by atoms with Crippen LogP contribution in [0.25, 0.3) is 0 Å². The van der Waals surface area contributed by atoms with Crippen molar-refractivity contribution >= 4 is 82.6 Å². The third kappa shape index (κ3) is 30.9. The highest BCUT2D eigenvalue weighted by Gasteiger charge is 2.43. The molecule has 2 aromatic rings. The molecular formula is C63H101N17O16S. The van der Waals surface area contributed by atoms with Crippen molar-refractivity contribution in [2.75, 3.05) is 65.0 Å². The number of benzene rings is 1. The fraction of sp³-hybridized carbons (Fsp3) is 0.683. The van der Waals surface area contributed by atoms with E-state index in [9.17, 15) is 63.0 Å². The minimum absolute atomic E-state index is 0.000918. The molecule has 3 aliphatic heterocycles. The summed E-state index contributed by atoms with van der Waals surface area (Å²) in [6.07, 6.45) is 5.27. The molecule has 10 amide bonds. The summed E-state index contributed by atoms with van der Waals surface area (Å²) in [5.74, 6) is -8.73. The number of aryl methyl sites for hydroxylation is 1. The molecule has 2 fully saturated rings. The van der Waals surface area contributed by atoms with E-state index >= 15 is 0 Å². The Morgan fingerprint density at radius 1 is 0.660 bits per heavy atom. The van der Waals surface area contributed by atoms with Gasteiger partial charge in [-0.15, -0.1) is 5.10 Å². The van der Waals surface area contributed by atoms with Crippen LogP contribution in [-0.4, -0.2) is 215 Å². The van der Waals surface area contributed by atoms with Gasteiger partial charge in [-0.2, -0.15) is 11.8 Å². The normalized spacial score (nSPS) is 23.3. The number of phenolic OH excluding ortho intramolecular Hbond substituents is 1. The molecule has 0 spiro atoms. The lowest BCUT2D eigenvalue weighted by atomic mass is 9.90. The monoisotopic (exact) mass is 1380 g/mol. The van der Waals surface area contributed by atoms with Crippen LogP contribution in [0.4, 0.5) is 4.79 Å². The smallest absolute Gasteiger partial charge is 0.315 e. The van der Waals surface area contributed by atoms with E-state index in [0.717, 1.165) is 25.0 Å². The quantitative estimate of drug-likeness (QED) is 0.0159. The summed E-state index contributed by atoms with van der Waals surface area (Å²) >= 11 is 1.86. The third-order valence-corrected chi connectivity index (χ3v) is 18.0. The summed E-state index contributed by atoms with van der Waals surface area (Å²) in [4.78, 5) is 148. The summed E-state index contributed by atoms with van der Waals surface area (Å²) in [5.41, 5.74) is 24.2. The van der Waals surface area contributed by atoms with Crippen LogP contribution >= 0.6 is 11.8 Å². The predicted molar refractivity (Wildman–Crippen MR) is 356 cm³/mol. The van der Waals surface area contributed by atoms with Gasteiger partial charge in [-0.25, -0.2) is 4.79 Å². The Hall–Kier alpha value is -8.05. The van der Waals surface area contributed by atoms with Crippen LogP contribution in [0, 0.1) is 11.3 Å².